The predicted molar refractivity (Wildman–Crippen MR) is 87.8 cm³/mol. The summed E-state index contributed by atoms with van der Waals surface area (Å²) in [6.45, 7) is 2.71. The van der Waals surface area contributed by atoms with Crippen molar-refractivity contribution in [2.75, 3.05) is 12.3 Å². The molecule has 2 atom stereocenters. The third-order valence-electron chi connectivity index (χ3n) is 3.92. The van der Waals surface area contributed by atoms with Crippen molar-refractivity contribution in [2.24, 2.45) is 0 Å². The Bertz CT molecular complexity index is 712. The molecule has 1 amide bonds. The molecule has 0 radical (unpaired) electrons. The second-order valence-electron chi connectivity index (χ2n) is 5.40. The average molecular weight is 331 g/mol. The van der Waals surface area contributed by atoms with Gasteiger partial charge in [-0.25, -0.2) is 4.79 Å². The van der Waals surface area contributed by atoms with E-state index in [-0.39, 0.29) is 28.7 Å². The van der Waals surface area contributed by atoms with E-state index in [9.17, 15) is 9.59 Å². The van der Waals surface area contributed by atoms with Gasteiger partial charge in [0.15, 0.2) is 5.76 Å². The van der Waals surface area contributed by atoms with E-state index in [1.54, 1.807) is 4.90 Å². The molecule has 1 saturated heterocycles. The summed E-state index contributed by atoms with van der Waals surface area (Å²) in [6, 6.07) is 12.6. The number of aromatic carboxylic acids is 1. The Kier molecular flexibility index (Phi) is 4.43. The second kappa shape index (κ2) is 6.50. The van der Waals surface area contributed by atoms with Crippen LogP contribution in [0.25, 0.3) is 0 Å². The molecule has 1 aromatic carbocycles. The summed E-state index contributed by atoms with van der Waals surface area (Å²) >= 11 is 1.83. The minimum atomic E-state index is -1.17. The summed E-state index contributed by atoms with van der Waals surface area (Å²) in [5.74, 6) is -0.737. The molecule has 23 heavy (non-hydrogen) atoms. The minimum Gasteiger partial charge on any atom is -0.475 e. The van der Waals surface area contributed by atoms with Crippen LogP contribution in [0.2, 0.25) is 0 Å². The van der Waals surface area contributed by atoms with Crippen LogP contribution in [0.3, 0.4) is 0 Å². The topological polar surface area (TPSA) is 70.8 Å². The van der Waals surface area contributed by atoms with Crippen LogP contribution in [0.15, 0.2) is 46.9 Å². The lowest BCUT2D eigenvalue weighted by Gasteiger charge is -2.39. The van der Waals surface area contributed by atoms with Gasteiger partial charge in [0, 0.05) is 17.5 Å². The lowest BCUT2D eigenvalue weighted by atomic mass is 10.0. The fourth-order valence-electron chi connectivity index (χ4n) is 2.86. The van der Waals surface area contributed by atoms with Crippen LogP contribution in [0.4, 0.5) is 0 Å². The molecular weight excluding hydrogens is 314 g/mol. The summed E-state index contributed by atoms with van der Waals surface area (Å²) in [6.07, 6.45) is 0. The highest BCUT2D eigenvalue weighted by Crippen LogP contribution is 2.36. The van der Waals surface area contributed by atoms with Gasteiger partial charge in [0.1, 0.15) is 0 Å². The van der Waals surface area contributed by atoms with E-state index in [4.69, 9.17) is 9.52 Å². The number of carboxylic acids is 1. The van der Waals surface area contributed by atoms with Gasteiger partial charge in [0.2, 0.25) is 5.76 Å². The average Bonchev–Trinajstić information content (AvgIpc) is 3.05. The zero-order chi connectivity index (χ0) is 16.4. The first-order valence-corrected chi connectivity index (χ1v) is 8.43. The van der Waals surface area contributed by atoms with E-state index in [1.807, 2.05) is 42.1 Å². The Morgan fingerprint density at radius 3 is 2.52 bits per heavy atom. The smallest absolute Gasteiger partial charge is 0.371 e. The summed E-state index contributed by atoms with van der Waals surface area (Å²) in [7, 11) is 0. The van der Waals surface area contributed by atoms with Crippen LogP contribution in [0.1, 0.15) is 39.6 Å². The quantitative estimate of drug-likeness (QED) is 0.934. The van der Waals surface area contributed by atoms with Crippen LogP contribution in [-0.2, 0) is 0 Å². The van der Waals surface area contributed by atoms with Crippen molar-refractivity contribution in [3.05, 3.63) is 59.5 Å². The minimum absolute atomic E-state index is 0.0548. The number of hydrogen-bond acceptors (Lipinski definition) is 4. The number of rotatable bonds is 3. The highest BCUT2D eigenvalue weighted by atomic mass is 32.2. The molecule has 0 aliphatic carbocycles. The van der Waals surface area contributed by atoms with Gasteiger partial charge in [0.25, 0.3) is 5.91 Å². The second-order valence-corrected chi connectivity index (χ2v) is 6.88. The molecule has 2 unspecified atom stereocenters. The summed E-state index contributed by atoms with van der Waals surface area (Å²) < 4.78 is 5.18. The zero-order valence-corrected chi connectivity index (χ0v) is 13.5. The number of carbonyl (C=O) groups excluding carboxylic acids is 1. The van der Waals surface area contributed by atoms with Gasteiger partial charge in [-0.05, 0) is 17.7 Å². The Labute approximate surface area is 138 Å². The first kappa shape index (κ1) is 15.7. The molecule has 2 heterocycles. The fourth-order valence-corrected chi connectivity index (χ4v) is 4.02. The summed E-state index contributed by atoms with van der Waals surface area (Å²) in [4.78, 5) is 25.5. The third-order valence-corrected chi connectivity index (χ3v) is 5.12. The molecule has 2 aromatic rings. The molecule has 1 aliphatic heterocycles. The van der Waals surface area contributed by atoms with Crippen molar-refractivity contribution in [1.29, 1.82) is 0 Å². The molecule has 0 spiro atoms. The predicted octanol–water partition coefficient (Wildman–Crippen LogP) is 3.30. The Balaban J connectivity index is 1.91. The van der Waals surface area contributed by atoms with E-state index in [2.05, 4.69) is 6.92 Å². The molecule has 5 nitrogen and oxygen atoms in total. The number of furan rings is 1. The number of benzene rings is 1. The molecule has 1 fully saturated rings. The van der Waals surface area contributed by atoms with E-state index < -0.39 is 5.97 Å². The molecule has 1 aliphatic rings. The normalized spacial score (nSPS) is 21.2. The van der Waals surface area contributed by atoms with Gasteiger partial charge in [-0.1, -0.05) is 37.3 Å². The van der Waals surface area contributed by atoms with Gasteiger partial charge in [-0.15, -0.1) is 0 Å². The lowest BCUT2D eigenvalue weighted by Crippen LogP contribution is -2.43. The number of carboxylic acid groups (broad SMARTS) is 1. The van der Waals surface area contributed by atoms with Crippen LogP contribution < -0.4 is 0 Å². The molecule has 6 heteroatoms. The van der Waals surface area contributed by atoms with Gasteiger partial charge in [0.05, 0.1) is 6.04 Å². The maximum atomic E-state index is 12.8. The van der Waals surface area contributed by atoms with Gasteiger partial charge in [-0.2, -0.15) is 11.8 Å². The van der Waals surface area contributed by atoms with Crippen LogP contribution in [-0.4, -0.2) is 39.4 Å². The van der Waals surface area contributed by atoms with Crippen molar-refractivity contribution >= 4 is 23.6 Å². The number of hydrogen-bond donors (Lipinski definition) is 1. The van der Waals surface area contributed by atoms with Crippen LogP contribution >= 0.6 is 11.8 Å². The van der Waals surface area contributed by atoms with Crippen LogP contribution in [0, 0.1) is 0 Å². The van der Waals surface area contributed by atoms with E-state index in [1.165, 1.54) is 12.1 Å². The van der Waals surface area contributed by atoms with Crippen LogP contribution in [0.5, 0.6) is 0 Å². The van der Waals surface area contributed by atoms with Crippen molar-refractivity contribution in [1.82, 2.24) is 4.90 Å². The molecule has 1 N–H and O–H groups in total. The SMILES string of the molecule is CC1SCCN(C(=O)c2ccc(C(=O)O)o2)C1c1ccccc1. The standard InChI is InChI=1S/C17H17NO4S/c1-11-15(12-5-3-2-4-6-12)18(9-10-23-11)16(19)13-7-8-14(22-13)17(20)21/h2-8,11,15H,9-10H2,1H3,(H,20,21). The van der Waals surface area contributed by atoms with Crippen molar-refractivity contribution in [2.45, 2.75) is 18.2 Å². The number of thioether (sulfide) groups is 1. The lowest BCUT2D eigenvalue weighted by molar-refractivity contribution is 0.0623. The highest BCUT2D eigenvalue weighted by Gasteiger charge is 2.35. The molecule has 1 aromatic heterocycles. The Morgan fingerprint density at radius 2 is 1.87 bits per heavy atom. The number of nitrogens with zero attached hydrogens (tertiary/aromatic N) is 1. The first-order chi connectivity index (χ1) is 11.1. The third kappa shape index (κ3) is 3.12. The fraction of sp³-hybridized carbons (Fsp3) is 0.294. The van der Waals surface area contributed by atoms with Gasteiger partial charge in [-0.3, -0.25) is 4.79 Å². The molecular formula is C17H17NO4S. The molecule has 120 valence electrons. The number of carbonyl (C=O) groups is 2. The van der Waals surface area contributed by atoms with E-state index in [0.29, 0.717) is 6.54 Å². The van der Waals surface area contributed by atoms with Gasteiger partial charge < -0.3 is 14.4 Å². The van der Waals surface area contributed by atoms with E-state index in [0.717, 1.165) is 11.3 Å². The zero-order valence-electron chi connectivity index (χ0n) is 12.6. The molecule has 3 rings (SSSR count). The number of amides is 1. The summed E-state index contributed by atoms with van der Waals surface area (Å²) in [5.41, 5.74) is 1.07. The highest BCUT2D eigenvalue weighted by molar-refractivity contribution is 8.00. The van der Waals surface area contributed by atoms with Crippen molar-refractivity contribution < 1.29 is 19.1 Å². The summed E-state index contributed by atoms with van der Waals surface area (Å²) in [5, 5.41) is 9.19. The maximum absolute atomic E-state index is 12.8. The van der Waals surface area contributed by atoms with Gasteiger partial charge >= 0.3 is 5.97 Å². The largest absolute Gasteiger partial charge is 0.475 e. The maximum Gasteiger partial charge on any atom is 0.371 e. The Hall–Kier alpha value is -2.21. The molecule has 0 saturated carbocycles. The Morgan fingerprint density at radius 1 is 1.17 bits per heavy atom. The van der Waals surface area contributed by atoms with Crippen molar-refractivity contribution in [3.63, 3.8) is 0 Å². The monoisotopic (exact) mass is 331 g/mol. The molecule has 0 bridgehead atoms. The van der Waals surface area contributed by atoms with E-state index >= 15 is 0 Å². The van der Waals surface area contributed by atoms with Crippen molar-refractivity contribution in [3.8, 4) is 0 Å². The first-order valence-electron chi connectivity index (χ1n) is 7.38.